The molecule has 4 nitrogen and oxygen atoms in total. The van der Waals surface area contributed by atoms with E-state index in [0.29, 0.717) is 18.2 Å². The zero-order valence-corrected chi connectivity index (χ0v) is 11.1. The van der Waals surface area contributed by atoms with Crippen molar-refractivity contribution in [1.82, 2.24) is 9.97 Å². The molecule has 1 aliphatic rings. The lowest BCUT2D eigenvalue weighted by Gasteiger charge is -2.30. The summed E-state index contributed by atoms with van der Waals surface area (Å²) in [5, 5.41) is 0. The number of aromatic nitrogens is 2. The first-order valence-electron chi connectivity index (χ1n) is 6.47. The highest BCUT2D eigenvalue weighted by atomic mass is 16.5. The van der Waals surface area contributed by atoms with E-state index >= 15 is 0 Å². The number of anilines is 1. The Labute approximate surface area is 112 Å². The number of nitrogens with two attached hydrogens (primary N) is 1. The minimum Gasteiger partial charge on any atom is -0.383 e. The predicted molar refractivity (Wildman–Crippen MR) is 73.8 cm³/mol. The van der Waals surface area contributed by atoms with E-state index in [1.54, 1.807) is 0 Å². The first kappa shape index (κ1) is 12.1. The predicted octanol–water partition coefficient (Wildman–Crippen LogP) is 2.59. The number of benzene rings is 1. The van der Waals surface area contributed by atoms with Gasteiger partial charge >= 0.3 is 0 Å². The molecule has 1 aromatic heterocycles. The smallest absolute Gasteiger partial charge is 0.133 e. The van der Waals surface area contributed by atoms with Gasteiger partial charge in [0, 0.05) is 5.56 Å². The second kappa shape index (κ2) is 4.63. The number of ether oxygens (including phenoxy) is 1. The molecule has 3 rings (SSSR count). The molecule has 1 aliphatic heterocycles. The Kier molecular flexibility index (Phi) is 2.95. The molecule has 0 saturated carbocycles. The summed E-state index contributed by atoms with van der Waals surface area (Å²) in [5.74, 6) is 1.39. The van der Waals surface area contributed by atoms with Crippen molar-refractivity contribution in [2.45, 2.75) is 25.9 Å². The standard InChI is InChI=1S/C15H17N3O/c1-9-13-14(17-10(2)18-15(13)16)12(8-19-9)11-6-4-3-5-7-11/h3-7,9,12H,8H2,1-2H3,(H2,16,17,18). The van der Waals surface area contributed by atoms with Crippen LogP contribution in [0.25, 0.3) is 0 Å². The van der Waals surface area contributed by atoms with Crippen LogP contribution < -0.4 is 5.73 Å². The highest BCUT2D eigenvalue weighted by Gasteiger charge is 2.30. The summed E-state index contributed by atoms with van der Waals surface area (Å²) >= 11 is 0. The van der Waals surface area contributed by atoms with Crippen LogP contribution in [0.15, 0.2) is 30.3 Å². The van der Waals surface area contributed by atoms with Gasteiger partial charge in [-0.1, -0.05) is 30.3 Å². The fourth-order valence-electron chi connectivity index (χ4n) is 2.65. The van der Waals surface area contributed by atoms with Gasteiger partial charge in [0.25, 0.3) is 0 Å². The summed E-state index contributed by atoms with van der Waals surface area (Å²) in [4.78, 5) is 8.86. The van der Waals surface area contributed by atoms with Crippen LogP contribution in [0.3, 0.4) is 0 Å². The molecule has 98 valence electrons. The molecule has 0 fully saturated rings. The quantitative estimate of drug-likeness (QED) is 0.850. The van der Waals surface area contributed by atoms with Crippen molar-refractivity contribution in [3.8, 4) is 0 Å². The molecule has 2 unspecified atom stereocenters. The molecule has 0 saturated heterocycles. The SMILES string of the molecule is Cc1nc(N)c2c(n1)C(c1ccccc1)COC2C. The first-order chi connectivity index (χ1) is 9.16. The molecule has 0 bridgehead atoms. The molecule has 2 heterocycles. The second-order valence-electron chi connectivity index (χ2n) is 4.89. The summed E-state index contributed by atoms with van der Waals surface area (Å²) in [6.07, 6.45) is -0.0458. The Hall–Kier alpha value is -1.94. The number of rotatable bonds is 1. The van der Waals surface area contributed by atoms with Crippen molar-refractivity contribution in [2.24, 2.45) is 0 Å². The molecular weight excluding hydrogens is 238 g/mol. The highest BCUT2D eigenvalue weighted by Crippen LogP contribution is 2.38. The second-order valence-corrected chi connectivity index (χ2v) is 4.89. The molecule has 2 N–H and O–H groups in total. The third-order valence-electron chi connectivity index (χ3n) is 3.57. The number of nitrogens with zero attached hydrogens (tertiary/aromatic N) is 2. The molecule has 0 spiro atoms. The Morgan fingerprint density at radius 2 is 1.95 bits per heavy atom. The molecular formula is C15H17N3O. The van der Waals surface area contributed by atoms with Gasteiger partial charge in [-0.2, -0.15) is 0 Å². The topological polar surface area (TPSA) is 61.0 Å². The van der Waals surface area contributed by atoms with E-state index in [4.69, 9.17) is 10.5 Å². The summed E-state index contributed by atoms with van der Waals surface area (Å²) in [6, 6.07) is 10.3. The van der Waals surface area contributed by atoms with Crippen LogP contribution in [-0.4, -0.2) is 16.6 Å². The van der Waals surface area contributed by atoms with Crippen molar-refractivity contribution < 1.29 is 4.74 Å². The zero-order valence-electron chi connectivity index (χ0n) is 11.1. The summed E-state index contributed by atoms with van der Waals surface area (Å²) < 4.78 is 5.83. The highest BCUT2D eigenvalue weighted by molar-refractivity contribution is 5.48. The lowest BCUT2D eigenvalue weighted by Crippen LogP contribution is -2.24. The average molecular weight is 255 g/mol. The van der Waals surface area contributed by atoms with Gasteiger partial charge < -0.3 is 10.5 Å². The van der Waals surface area contributed by atoms with E-state index in [-0.39, 0.29) is 12.0 Å². The van der Waals surface area contributed by atoms with Crippen LogP contribution in [0.5, 0.6) is 0 Å². The average Bonchev–Trinajstić information content (AvgIpc) is 2.39. The van der Waals surface area contributed by atoms with E-state index in [2.05, 4.69) is 22.1 Å². The monoisotopic (exact) mass is 255 g/mol. The molecule has 0 amide bonds. The zero-order chi connectivity index (χ0) is 13.4. The van der Waals surface area contributed by atoms with Crippen molar-refractivity contribution >= 4 is 5.82 Å². The maximum absolute atomic E-state index is 6.04. The summed E-state index contributed by atoms with van der Waals surface area (Å²) in [7, 11) is 0. The molecule has 19 heavy (non-hydrogen) atoms. The van der Waals surface area contributed by atoms with Crippen molar-refractivity contribution in [3.63, 3.8) is 0 Å². The molecule has 2 aromatic rings. The number of nitrogen functional groups attached to an aromatic ring is 1. The first-order valence-corrected chi connectivity index (χ1v) is 6.47. The van der Waals surface area contributed by atoms with Crippen LogP contribution in [0.2, 0.25) is 0 Å². The summed E-state index contributed by atoms with van der Waals surface area (Å²) in [5.41, 5.74) is 9.19. The van der Waals surface area contributed by atoms with Gasteiger partial charge in [0.05, 0.1) is 24.3 Å². The van der Waals surface area contributed by atoms with Crippen LogP contribution in [-0.2, 0) is 4.74 Å². The minimum atomic E-state index is -0.0458. The van der Waals surface area contributed by atoms with Gasteiger partial charge in [-0.15, -0.1) is 0 Å². The van der Waals surface area contributed by atoms with Gasteiger partial charge in [0.1, 0.15) is 11.6 Å². The fourth-order valence-corrected chi connectivity index (χ4v) is 2.65. The number of hydrogen-bond donors (Lipinski definition) is 1. The van der Waals surface area contributed by atoms with Gasteiger partial charge in [0.2, 0.25) is 0 Å². The fraction of sp³-hybridized carbons (Fsp3) is 0.333. The van der Waals surface area contributed by atoms with Crippen molar-refractivity contribution in [3.05, 3.63) is 53.0 Å². The van der Waals surface area contributed by atoms with Crippen LogP contribution in [0.4, 0.5) is 5.82 Å². The Morgan fingerprint density at radius 1 is 1.21 bits per heavy atom. The van der Waals surface area contributed by atoms with Crippen molar-refractivity contribution in [1.29, 1.82) is 0 Å². The number of fused-ring (bicyclic) bond motifs is 1. The largest absolute Gasteiger partial charge is 0.383 e. The Balaban J connectivity index is 2.15. The molecule has 0 aliphatic carbocycles. The van der Waals surface area contributed by atoms with Crippen LogP contribution in [0.1, 0.15) is 41.6 Å². The Bertz CT molecular complexity index is 598. The Morgan fingerprint density at radius 3 is 2.68 bits per heavy atom. The number of hydrogen-bond acceptors (Lipinski definition) is 4. The third-order valence-corrected chi connectivity index (χ3v) is 3.57. The van der Waals surface area contributed by atoms with E-state index in [1.807, 2.05) is 32.0 Å². The third kappa shape index (κ3) is 2.08. The molecule has 1 aromatic carbocycles. The maximum Gasteiger partial charge on any atom is 0.133 e. The normalized spacial score (nSPS) is 22.0. The molecule has 0 radical (unpaired) electrons. The number of aryl methyl sites for hydroxylation is 1. The summed E-state index contributed by atoms with van der Waals surface area (Å²) in [6.45, 7) is 4.50. The minimum absolute atomic E-state index is 0.0458. The maximum atomic E-state index is 6.04. The van der Waals surface area contributed by atoms with E-state index < -0.39 is 0 Å². The van der Waals surface area contributed by atoms with E-state index in [1.165, 1.54) is 5.56 Å². The lowest BCUT2D eigenvalue weighted by molar-refractivity contribution is 0.0451. The molecule has 2 atom stereocenters. The van der Waals surface area contributed by atoms with Crippen LogP contribution in [0, 0.1) is 6.92 Å². The van der Waals surface area contributed by atoms with E-state index in [9.17, 15) is 0 Å². The van der Waals surface area contributed by atoms with Gasteiger partial charge in [-0.3, -0.25) is 0 Å². The van der Waals surface area contributed by atoms with Gasteiger partial charge in [-0.05, 0) is 19.4 Å². The molecule has 4 heteroatoms. The van der Waals surface area contributed by atoms with Crippen LogP contribution >= 0.6 is 0 Å². The lowest BCUT2D eigenvalue weighted by atomic mass is 9.89. The van der Waals surface area contributed by atoms with Crippen molar-refractivity contribution in [2.75, 3.05) is 12.3 Å². The van der Waals surface area contributed by atoms with E-state index in [0.717, 1.165) is 11.3 Å². The van der Waals surface area contributed by atoms with Gasteiger partial charge in [0.15, 0.2) is 0 Å². The van der Waals surface area contributed by atoms with Gasteiger partial charge in [-0.25, -0.2) is 9.97 Å².